The van der Waals surface area contributed by atoms with E-state index < -0.39 is 0 Å². The standard InChI is InChI=1S/C13H15N3O/c1-9(2)13(17)14-12-8-11(15-16-12)10-6-4-3-5-7-10/h3-9H,1-2H3,(H2,14,15,16,17). The van der Waals surface area contributed by atoms with Crippen LogP contribution in [0.2, 0.25) is 0 Å². The zero-order valence-electron chi connectivity index (χ0n) is 9.90. The van der Waals surface area contributed by atoms with Crippen LogP contribution in [0, 0.1) is 5.92 Å². The third-order valence-electron chi connectivity index (χ3n) is 2.44. The Hall–Kier alpha value is -2.10. The molecule has 0 saturated heterocycles. The zero-order valence-corrected chi connectivity index (χ0v) is 9.90. The lowest BCUT2D eigenvalue weighted by molar-refractivity contribution is -0.118. The van der Waals surface area contributed by atoms with Crippen molar-refractivity contribution in [2.45, 2.75) is 13.8 Å². The van der Waals surface area contributed by atoms with E-state index in [0.29, 0.717) is 5.82 Å². The smallest absolute Gasteiger partial charge is 0.228 e. The first kappa shape index (κ1) is 11.4. The normalized spacial score (nSPS) is 10.5. The van der Waals surface area contributed by atoms with Gasteiger partial charge in [0, 0.05) is 12.0 Å². The van der Waals surface area contributed by atoms with Crippen molar-refractivity contribution in [3.8, 4) is 11.3 Å². The number of rotatable bonds is 3. The summed E-state index contributed by atoms with van der Waals surface area (Å²) in [5.74, 6) is 0.477. The van der Waals surface area contributed by atoms with Gasteiger partial charge in [-0.05, 0) is 5.56 Å². The molecule has 0 unspecified atom stereocenters. The molecule has 1 aromatic heterocycles. The van der Waals surface area contributed by atoms with Crippen molar-refractivity contribution in [3.05, 3.63) is 36.4 Å². The molecule has 0 radical (unpaired) electrons. The number of H-pyrrole nitrogens is 1. The fraction of sp³-hybridized carbons (Fsp3) is 0.231. The number of carbonyl (C=O) groups is 1. The van der Waals surface area contributed by atoms with Gasteiger partial charge in [0.25, 0.3) is 0 Å². The molecule has 2 N–H and O–H groups in total. The summed E-state index contributed by atoms with van der Waals surface area (Å²) in [6, 6.07) is 11.7. The van der Waals surface area contributed by atoms with Gasteiger partial charge in [-0.15, -0.1) is 0 Å². The number of nitrogens with one attached hydrogen (secondary N) is 2. The van der Waals surface area contributed by atoms with Gasteiger partial charge >= 0.3 is 0 Å². The number of anilines is 1. The van der Waals surface area contributed by atoms with Gasteiger partial charge in [-0.2, -0.15) is 5.10 Å². The summed E-state index contributed by atoms with van der Waals surface area (Å²) in [6.45, 7) is 3.69. The zero-order chi connectivity index (χ0) is 12.3. The Balaban J connectivity index is 2.14. The number of hydrogen-bond acceptors (Lipinski definition) is 2. The number of nitrogens with zero attached hydrogens (tertiary/aromatic N) is 1. The minimum absolute atomic E-state index is 0.0314. The predicted molar refractivity (Wildman–Crippen MR) is 67.5 cm³/mol. The van der Waals surface area contributed by atoms with Crippen molar-refractivity contribution in [1.29, 1.82) is 0 Å². The molecule has 0 atom stereocenters. The van der Waals surface area contributed by atoms with Crippen LogP contribution in [-0.2, 0) is 4.79 Å². The third-order valence-corrected chi connectivity index (χ3v) is 2.44. The Morgan fingerprint density at radius 2 is 2.00 bits per heavy atom. The van der Waals surface area contributed by atoms with Gasteiger partial charge in [-0.25, -0.2) is 0 Å². The van der Waals surface area contributed by atoms with E-state index in [2.05, 4.69) is 15.5 Å². The molecule has 1 heterocycles. The number of amides is 1. The van der Waals surface area contributed by atoms with Crippen LogP contribution in [0.4, 0.5) is 5.82 Å². The maximum atomic E-state index is 11.5. The van der Waals surface area contributed by atoms with Crippen molar-refractivity contribution in [2.75, 3.05) is 5.32 Å². The van der Waals surface area contributed by atoms with E-state index in [1.165, 1.54) is 0 Å². The van der Waals surface area contributed by atoms with Crippen molar-refractivity contribution >= 4 is 11.7 Å². The molecule has 0 aliphatic rings. The Bertz CT molecular complexity index is 502. The Morgan fingerprint density at radius 3 is 2.65 bits per heavy atom. The van der Waals surface area contributed by atoms with Crippen LogP contribution in [-0.4, -0.2) is 16.1 Å². The molecular formula is C13H15N3O. The lowest BCUT2D eigenvalue weighted by Gasteiger charge is -2.03. The van der Waals surface area contributed by atoms with Gasteiger partial charge in [-0.1, -0.05) is 44.2 Å². The van der Waals surface area contributed by atoms with Crippen LogP contribution >= 0.6 is 0 Å². The maximum Gasteiger partial charge on any atom is 0.228 e. The number of benzene rings is 1. The molecule has 0 aliphatic heterocycles. The Morgan fingerprint density at radius 1 is 1.29 bits per heavy atom. The molecule has 17 heavy (non-hydrogen) atoms. The van der Waals surface area contributed by atoms with E-state index in [1.807, 2.05) is 50.2 Å². The fourth-order valence-corrected chi connectivity index (χ4v) is 1.42. The Labute approximate surface area is 100 Å². The number of aromatic amines is 1. The van der Waals surface area contributed by atoms with Gasteiger partial charge in [0.15, 0.2) is 5.82 Å². The van der Waals surface area contributed by atoms with Crippen molar-refractivity contribution in [1.82, 2.24) is 10.2 Å². The average Bonchev–Trinajstić information content (AvgIpc) is 2.78. The molecule has 2 aromatic rings. The van der Waals surface area contributed by atoms with E-state index >= 15 is 0 Å². The summed E-state index contributed by atoms with van der Waals surface area (Å²) in [5.41, 5.74) is 1.94. The quantitative estimate of drug-likeness (QED) is 0.850. The second-order valence-electron chi connectivity index (χ2n) is 4.18. The van der Waals surface area contributed by atoms with E-state index in [9.17, 15) is 4.79 Å². The van der Waals surface area contributed by atoms with Crippen molar-refractivity contribution in [3.63, 3.8) is 0 Å². The third kappa shape index (κ3) is 2.72. The van der Waals surface area contributed by atoms with E-state index in [-0.39, 0.29) is 11.8 Å². The lowest BCUT2D eigenvalue weighted by atomic mass is 10.1. The second-order valence-corrected chi connectivity index (χ2v) is 4.18. The highest BCUT2D eigenvalue weighted by Crippen LogP contribution is 2.19. The summed E-state index contributed by atoms with van der Waals surface area (Å²) < 4.78 is 0. The molecule has 1 aromatic carbocycles. The molecular weight excluding hydrogens is 214 g/mol. The minimum atomic E-state index is -0.0492. The predicted octanol–water partition coefficient (Wildman–Crippen LogP) is 2.67. The van der Waals surface area contributed by atoms with Gasteiger partial charge in [0.1, 0.15) is 0 Å². The average molecular weight is 229 g/mol. The van der Waals surface area contributed by atoms with Crippen molar-refractivity contribution < 1.29 is 4.79 Å². The summed E-state index contributed by atoms with van der Waals surface area (Å²) in [6.07, 6.45) is 0. The fourth-order valence-electron chi connectivity index (χ4n) is 1.42. The topological polar surface area (TPSA) is 57.8 Å². The van der Waals surface area contributed by atoms with Crippen LogP contribution in [0.1, 0.15) is 13.8 Å². The first-order valence-corrected chi connectivity index (χ1v) is 5.58. The minimum Gasteiger partial charge on any atom is -0.309 e. The first-order chi connectivity index (χ1) is 8.16. The first-order valence-electron chi connectivity index (χ1n) is 5.58. The molecule has 0 bridgehead atoms. The van der Waals surface area contributed by atoms with Crippen LogP contribution in [0.3, 0.4) is 0 Å². The van der Waals surface area contributed by atoms with Crippen LogP contribution in [0.15, 0.2) is 36.4 Å². The summed E-state index contributed by atoms with van der Waals surface area (Å²) in [4.78, 5) is 11.5. The van der Waals surface area contributed by atoms with Crippen LogP contribution in [0.25, 0.3) is 11.3 Å². The molecule has 0 aliphatic carbocycles. The number of carbonyl (C=O) groups excluding carboxylic acids is 1. The molecule has 0 fully saturated rings. The van der Waals surface area contributed by atoms with Gasteiger partial charge in [-0.3, -0.25) is 9.89 Å². The maximum absolute atomic E-state index is 11.5. The SMILES string of the molecule is CC(C)C(=O)Nc1cc(-c2ccccc2)[nH]n1. The molecule has 2 rings (SSSR count). The van der Waals surface area contributed by atoms with E-state index in [0.717, 1.165) is 11.3 Å². The lowest BCUT2D eigenvalue weighted by Crippen LogP contribution is -2.17. The number of hydrogen-bond donors (Lipinski definition) is 2. The Kier molecular flexibility index (Phi) is 3.23. The largest absolute Gasteiger partial charge is 0.309 e. The molecule has 4 nitrogen and oxygen atoms in total. The summed E-state index contributed by atoms with van der Waals surface area (Å²) in [5, 5.41) is 9.71. The van der Waals surface area contributed by atoms with E-state index in [1.54, 1.807) is 0 Å². The van der Waals surface area contributed by atoms with Crippen LogP contribution < -0.4 is 5.32 Å². The highest BCUT2D eigenvalue weighted by atomic mass is 16.1. The van der Waals surface area contributed by atoms with Crippen molar-refractivity contribution in [2.24, 2.45) is 5.92 Å². The van der Waals surface area contributed by atoms with Gasteiger partial charge < -0.3 is 5.32 Å². The molecule has 0 spiro atoms. The summed E-state index contributed by atoms with van der Waals surface area (Å²) in [7, 11) is 0. The van der Waals surface area contributed by atoms with E-state index in [4.69, 9.17) is 0 Å². The van der Waals surface area contributed by atoms with Gasteiger partial charge in [0.05, 0.1) is 5.69 Å². The number of aromatic nitrogens is 2. The highest BCUT2D eigenvalue weighted by Gasteiger charge is 2.09. The van der Waals surface area contributed by atoms with Crippen LogP contribution in [0.5, 0.6) is 0 Å². The highest BCUT2D eigenvalue weighted by molar-refractivity contribution is 5.91. The molecule has 4 heteroatoms. The summed E-state index contributed by atoms with van der Waals surface area (Å²) >= 11 is 0. The monoisotopic (exact) mass is 229 g/mol. The molecule has 88 valence electrons. The molecule has 1 amide bonds. The molecule has 0 saturated carbocycles. The van der Waals surface area contributed by atoms with Gasteiger partial charge in [0.2, 0.25) is 5.91 Å². The second kappa shape index (κ2) is 4.82.